The zero-order valence-corrected chi connectivity index (χ0v) is 15.9. The molecule has 1 aromatic heterocycles. The Hall–Kier alpha value is -3.42. The monoisotopic (exact) mass is 398 g/mol. The van der Waals surface area contributed by atoms with Gasteiger partial charge < -0.3 is 14.5 Å². The van der Waals surface area contributed by atoms with Crippen LogP contribution in [-0.4, -0.2) is 53.6 Å². The molecule has 0 radical (unpaired) electrons. The third kappa shape index (κ3) is 3.65. The van der Waals surface area contributed by atoms with Crippen LogP contribution < -0.4 is 9.64 Å². The molecule has 1 amide bonds. The van der Waals surface area contributed by atoms with E-state index < -0.39 is 23.1 Å². The number of benzene rings is 2. The van der Waals surface area contributed by atoms with Crippen molar-refractivity contribution in [3.8, 4) is 11.4 Å². The van der Waals surface area contributed by atoms with Gasteiger partial charge in [-0.25, -0.2) is 13.8 Å². The van der Waals surface area contributed by atoms with Gasteiger partial charge in [-0.05, 0) is 24.3 Å². The van der Waals surface area contributed by atoms with Gasteiger partial charge in [0, 0.05) is 44.6 Å². The first-order valence-electron chi connectivity index (χ1n) is 9.24. The van der Waals surface area contributed by atoms with Crippen LogP contribution in [0.3, 0.4) is 0 Å². The molecule has 0 saturated carbocycles. The summed E-state index contributed by atoms with van der Waals surface area (Å²) in [4.78, 5) is 20.6. The molecule has 3 aromatic rings. The lowest BCUT2D eigenvalue weighted by molar-refractivity contribution is 0.0736. The number of halogens is 2. The first-order valence-corrected chi connectivity index (χ1v) is 9.24. The van der Waals surface area contributed by atoms with Gasteiger partial charge in [0.25, 0.3) is 5.91 Å². The maximum Gasteiger partial charge on any atom is 0.259 e. The number of amides is 1. The first kappa shape index (κ1) is 18.9. The fraction of sp³-hybridized carbons (Fsp3) is 0.238. The van der Waals surface area contributed by atoms with Crippen molar-refractivity contribution in [3.05, 3.63) is 72.1 Å². The van der Waals surface area contributed by atoms with E-state index in [9.17, 15) is 13.6 Å². The van der Waals surface area contributed by atoms with Crippen LogP contribution in [0.4, 0.5) is 14.7 Å². The van der Waals surface area contributed by atoms with Crippen LogP contribution >= 0.6 is 0 Å². The van der Waals surface area contributed by atoms with Crippen LogP contribution in [0.1, 0.15) is 10.4 Å². The number of rotatable bonds is 4. The Morgan fingerprint density at radius 1 is 1.03 bits per heavy atom. The van der Waals surface area contributed by atoms with E-state index in [2.05, 4.69) is 4.98 Å². The summed E-state index contributed by atoms with van der Waals surface area (Å²) in [5.74, 6) is -0.833. The highest BCUT2D eigenvalue weighted by Gasteiger charge is 2.28. The molecule has 1 saturated heterocycles. The number of anilines is 1. The standard InChI is InChI=1S/C21H20F2N4O2/c1-29-16-5-2-4-15(14-16)27-9-8-24-21(27)26-12-10-25(11-13-26)20(28)19-17(22)6-3-7-18(19)23/h2-9,14H,10-13H2,1H3. The Balaban J connectivity index is 1.50. The van der Waals surface area contributed by atoms with E-state index in [0.717, 1.165) is 29.5 Å². The number of piperazine rings is 1. The zero-order chi connectivity index (χ0) is 20.4. The maximum absolute atomic E-state index is 13.9. The van der Waals surface area contributed by atoms with Crippen LogP contribution in [0.2, 0.25) is 0 Å². The second-order valence-corrected chi connectivity index (χ2v) is 6.67. The number of carbonyl (C=O) groups is 1. The summed E-state index contributed by atoms with van der Waals surface area (Å²) >= 11 is 0. The SMILES string of the molecule is COc1cccc(-n2ccnc2N2CCN(C(=O)c3c(F)cccc3F)CC2)c1. The molecule has 29 heavy (non-hydrogen) atoms. The molecule has 2 heterocycles. The minimum Gasteiger partial charge on any atom is -0.497 e. The Morgan fingerprint density at radius 2 is 1.72 bits per heavy atom. The molecule has 0 bridgehead atoms. The minimum atomic E-state index is -0.842. The van der Waals surface area contributed by atoms with Crippen molar-refractivity contribution in [3.63, 3.8) is 0 Å². The quantitative estimate of drug-likeness (QED) is 0.678. The molecule has 8 heteroatoms. The maximum atomic E-state index is 13.9. The van der Waals surface area contributed by atoms with Gasteiger partial charge in [0.15, 0.2) is 0 Å². The highest BCUT2D eigenvalue weighted by Crippen LogP contribution is 2.23. The Kier molecular flexibility index (Phi) is 5.16. The lowest BCUT2D eigenvalue weighted by atomic mass is 10.1. The summed E-state index contributed by atoms with van der Waals surface area (Å²) < 4.78 is 35.1. The van der Waals surface area contributed by atoms with Gasteiger partial charge >= 0.3 is 0 Å². The lowest BCUT2D eigenvalue weighted by Crippen LogP contribution is -2.49. The van der Waals surface area contributed by atoms with Crippen molar-refractivity contribution in [1.29, 1.82) is 0 Å². The molecule has 2 aromatic carbocycles. The number of hydrogen-bond acceptors (Lipinski definition) is 4. The molecule has 0 spiro atoms. The summed E-state index contributed by atoms with van der Waals surface area (Å²) in [6, 6.07) is 11.1. The van der Waals surface area contributed by atoms with Gasteiger partial charge in [0.2, 0.25) is 5.95 Å². The van der Waals surface area contributed by atoms with Gasteiger partial charge in [-0.2, -0.15) is 0 Å². The van der Waals surface area contributed by atoms with Crippen LogP contribution in [0, 0.1) is 11.6 Å². The second kappa shape index (κ2) is 7.90. The molecule has 0 N–H and O–H groups in total. The van der Waals surface area contributed by atoms with E-state index in [-0.39, 0.29) is 0 Å². The molecule has 4 rings (SSSR count). The number of methoxy groups -OCH3 is 1. The molecule has 6 nitrogen and oxygen atoms in total. The Labute approximate surface area is 166 Å². The number of ether oxygens (including phenoxy) is 1. The summed E-state index contributed by atoms with van der Waals surface area (Å²) in [6.45, 7) is 1.70. The predicted molar refractivity (Wildman–Crippen MR) is 105 cm³/mol. The molecular weight excluding hydrogens is 378 g/mol. The van der Waals surface area contributed by atoms with Crippen LogP contribution in [-0.2, 0) is 0 Å². The second-order valence-electron chi connectivity index (χ2n) is 6.67. The van der Waals surface area contributed by atoms with Crippen molar-refractivity contribution in [2.75, 3.05) is 38.2 Å². The first-order chi connectivity index (χ1) is 14.1. The predicted octanol–water partition coefficient (Wildman–Crippen LogP) is 3.12. The van der Waals surface area contributed by atoms with Gasteiger partial charge in [0.1, 0.15) is 22.9 Å². The average Bonchev–Trinajstić information content (AvgIpc) is 3.23. The Bertz CT molecular complexity index is 1010. The van der Waals surface area contributed by atoms with E-state index in [0.29, 0.717) is 26.2 Å². The summed E-state index contributed by atoms with van der Waals surface area (Å²) in [5.41, 5.74) is 0.405. The normalized spacial score (nSPS) is 14.2. The molecular formula is C21H20F2N4O2. The lowest BCUT2D eigenvalue weighted by Gasteiger charge is -2.35. The Morgan fingerprint density at radius 3 is 2.41 bits per heavy atom. The van der Waals surface area contributed by atoms with E-state index in [1.807, 2.05) is 39.9 Å². The van der Waals surface area contributed by atoms with Crippen molar-refractivity contribution in [2.45, 2.75) is 0 Å². The highest BCUT2D eigenvalue weighted by atomic mass is 19.1. The molecule has 150 valence electrons. The minimum absolute atomic E-state index is 0.345. The molecule has 1 aliphatic heterocycles. The van der Waals surface area contributed by atoms with Crippen molar-refractivity contribution >= 4 is 11.9 Å². The van der Waals surface area contributed by atoms with E-state index >= 15 is 0 Å². The van der Waals surface area contributed by atoms with Gasteiger partial charge in [0.05, 0.1) is 12.8 Å². The number of aromatic nitrogens is 2. The fourth-order valence-corrected chi connectivity index (χ4v) is 3.46. The van der Waals surface area contributed by atoms with Crippen LogP contribution in [0.5, 0.6) is 5.75 Å². The van der Waals surface area contributed by atoms with E-state index in [4.69, 9.17) is 4.74 Å². The largest absolute Gasteiger partial charge is 0.497 e. The van der Waals surface area contributed by atoms with Crippen molar-refractivity contribution in [2.24, 2.45) is 0 Å². The highest BCUT2D eigenvalue weighted by molar-refractivity contribution is 5.95. The van der Waals surface area contributed by atoms with E-state index in [1.54, 1.807) is 13.3 Å². The summed E-state index contributed by atoms with van der Waals surface area (Å²) in [7, 11) is 1.61. The van der Waals surface area contributed by atoms with Crippen molar-refractivity contribution < 1.29 is 18.3 Å². The summed E-state index contributed by atoms with van der Waals surface area (Å²) in [6.07, 6.45) is 3.57. The summed E-state index contributed by atoms with van der Waals surface area (Å²) in [5, 5.41) is 0. The third-order valence-corrected chi connectivity index (χ3v) is 4.98. The van der Waals surface area contributed by atoms with Gasteiger partial charge in [-0.3, -0.25) is 9.36 Å². The van der Waals surface area contributed by atoms with Crippen molar-refractivity contribution in [1.82, 2.24) is 14.5 Å². The number of hydrogen-bond donors (Lipinski definition) is 0. The molecule has 0 unspecified atom stereocenters. The molecule has 0 atom stereocenters. The van der Waals surface area contributed by atoms with Crippen LogP contribution in [0.25, 0.3) is 5.69 Å². The zero-order valence-electron chi connectivity index (χ0n) is 15.9. The number of carbonyl (C=O) groups excluding carboxylic acids is 1. The van der Waals surface area contributed by atoms with E-state index in [1.165, 1.54) is 11.0 Å². The fourth-order valence-electron chi connectivity index (χ4n) is 3.46. The number of imidazole rings is 1. The van der Waals surface area contributed by atoms with Gasteiger partial charge in [-0.1, -0.05) is 12.1 Å². The number of nitrogens with zero attached hydrogens (tertiary/aromatic N) is 4. The third-order valence-electron chi connectivity index (χ3n) is 4.98. The molecule has 0 aliphatic carbocycles. The molecule has 1 fully saturated rings. The van der Waals surface area contributed by atoms with Gasteiger partial charge in [-0.15, -0.1) is 0 Å². The average molecular weight is 398 g/mol. The van der Waals surface area contributed by atoms with Crippen LogP contribution in [0.15, 0.2) is 54.9 Å². The molecule has 1 aliphatic rings. The smallest absolute Gasteiger partial charge is 0.259 e. The topological polar surface area (TPSA) is 50.6 Å².